The normalized spacial score (nSPS) is 43.8. The fraction of sp³-hybridized carbons (Fsp3) is 0.700. The summed E-state index contributed by atoms with van der Waals surface area (Å²) < 4.78 is 12.2. The Morgan fingerprint density at radius 2 is 1.78 bits per heavy atom. The number of ether oxygens (including phenoxy) is 2. The van der Waals surface area contributed by atoms with Gasteiger partial charge in [-0.1, -0.05) is 0 Å². The van der Waals surface area contributed by atoms with Crippen LogP contribution < -0.4 is 9.47 Å². The number of halogens is 1. The minimum Gasteiger partial charge on any atom is -0.497 e. The zero-order valence-corrected chi connectivity index (χ0v) is 14.5. The van der Waals surface area contributed by atoms with E-state index in [-0.39, 0.29) is 11.0 Å². The topological polar surface area (TPSA) is 18.5 Å². The maximum absolute atomic E-state index is 6.85. The lowest BCUT2D eigenvalue weighted by Gasteiger charge is -2.60. The first kappa shape index (κ1) is 14.5. The Hall–Kier alpha value is -0.890. The summed E-state index contributed by atoms with van der Waals surface area (Å²) in [4.78, 5) is 0. The highest BCUT2D eigenvalue weighted by atomic mass is 35.5. The Kier molecular flexibility index (Phi) is 3.17. The standard InChI is InChI=1S/C20H25ClO2/c1-22-18-2-3-19-14(10-18)9-17(21)11-20(23-19)15-5-12-4-13(7-15)8-16(20)6-12/h2-3,10,12-13,15-17H,4-9,11H2,1H3. The molecule has 0 amide bonds. The van der Waals surface area contributed by atoms with Crippen molar-refractivity contribution in [3.05, 3.63) is 23.8 Å². The van der Waals surface area contributed by atoms with Crippen LogP contribution in [-0.2, 0) is 6.42 Å². The average Bonchev–Trinajstić information content (AvgIpc) is 2.67. The van der Waals surface area contributed by atoms with E-state index in [0.29, 0.717) is 11.8 Å². The summed E-state index contributed by atoms with van der Waals surface area (Å²) in [5.41, 5.74) is 1.22. The fourth-order valence-electron chi connectivity index (χ4n) is 6.33. The second-order valence-electron chi connectivity index (χ2n) is 8.34. The van der Waals surface area contributed by atoms with E-state index in [4.69, 9.17) is 21.1 Å². The Balaban J connectivity index is 1.56. The van der Waals surface area contributed by atoms with Gasteiger partial charge < -0.3 is 9.47 Å². The summed E-state index contributed by atoms with van der Waals surface area (Å²) in [6, 6.07) is 6.24. The van der Waals surface area contributed by atoms with E-state index in [9.17, 15) is 0 Å². The summed E-state index contributed by atoms with van der Waals surface area (Å²) in [5, 5.41) is 0.167. The summed E-state index contributed by atoms with van der Waals surface area (Å²) in [5.74, 6) is 5.30. The van der Waals surface area contributed by atoms with Gasteiger partial charge in [0.2, 0.25) is 0 Å². The number of hydrogen-bond acceptors (Lipinski definition) is 2. The maximum Gasteiger partial charge on any atom is 0.123 e. The molecule has 4 saturated carbocycles. The molecule has 1 aromatic carbocycles. The molecule has 4 fully saturated rings. The lowest BCUT2D eigenvalue weighted by Crippen LogP contribution is -2.61. The van der Waals surface area contributed by atoms with Gasteiger partial charge in [-0.3, -0.25) is 0 Å². The van der Waals surface area contributed by atoms with Gasteiger partial charge in [-0.15, -0.1) is 11.6 Å². The van der Waals surface area contributed by atoms with Crippen LogP contribution in [-0.4, -0.2) is 18.1 Å². The van der Waals surface area contributed by atoms with E-state index in [1.165, 1.54) is 37.7 Å². The second-order valence-corrected chi connectivity index (χ2v) is 8.96. The third kappa shape index (κ3) is 2.13. The molecule has 5 aliphatic rings. The number of alkyl halides is 1. The van der Waals surface area contributed by atoms with Crippen LogP contribution in [0, 0.1) is 23.7 Å². The minimum absolute atomic E-state index is 0.000322. The van der Waals surface area contributed by atoms with Gasteiger partial charge in [-0.05, 0) is 86.0 Å². The molecule has 1 aliphatic heterocycles. The molecule has 2 nitrogen and oxygen atoms in total. The van der Waals surface area contributed by atoms with Crippen molar-refractivity contribution < 1.29 is 9.47 Å². The van der Waals surface area contributed by atoms with Gasteiger partial charge in [-0.25, -0.2) is 0 Å². The number of fused-ring (bicyclic) bond motifs is 1. The first-order chi connectivity index (χ1) is 11.2. The molecule has 6 rings (SSSR count). The van der Waals surface area contributed by atoms with Crippen LogP contribution in [0.2, 0.25) is 0 Å². The van der Waals surface area contributed by atoms with Crippen molar-refractivity contribution in [2.24, 2.45) is 23.7 Å². The van der Waals surface area contributed by atoms with Crippen molar-refractivity contribution in [3.8, 4) is 11.5 Å². The zero-order chi connectivity index (χ0) is 15.6. The first-order valence-electron chi connectivity index (χ1n) is 9.16. The Labute approximate surface area is 143 Å². The maximum atomic E-state index is 6.85. The predicted molar refractivity (Wildman–Crippen MR) is 91.4 cm³/mol. The average molecular weight is 333 g/mol. The summed E-state index contributed by atoms with van der Waals surface area (Å²) >= 11 is 6.81. The van der Waals surface area contributed by atoms with Gasteiger partial charge in [0.1, 0.15) is 17.1 Å². The van der Waals surface area contributed by atoms with Crippen molar-refractivity contribution in [3.63, 3.8) is 0 Å². The molecule has 124 valence electrons. The van der Waals surface area contributed by atoms with Crippen molar-refractivity contribution in [1.29, 1.82) is 0 Å². The molecule has 1 atom stereocenters. The molecule has 3 heteroatoms. The van der Waals surface area contributed by atoms with Crippen LogP contribution in [0.15, 0.2) is 18.2 Å². The number of hydrogen-bond donors (Lipinski definition) is 0. The fourth-order valence-corrected chi connectivity index (χ4v) is 6.73. The predicted octanol–water partition coefficient (Wildman–Crippen LogP) is 4.82. The lowest BCUT2D eigenvalue weighted by molar-refractivity contribution is -0.158. The molecule has 0 aromatic heterocycles. The van der Waals surface area contributed by atoms with Gasteiger partial charge in [0.05, 0.1) is 7.11 Å². The van der Waals surface area contributed by atoms with Crippen molar-refractivity contribution in [1.82, 2.24) is 0 Å². The van der Waals surface area contributed by atoms with E-state index in [2.05, 4.69) is 12.1 Å². The van der Waals surface area contributed by atoms with Gasteiger partial charge in [-0.2, -0.15) is 0 Å². The monoisotopic (exact) mass is 332 g/mol. The molecule has 4 aliphatic carbocycles. The first-order valence-corrected chi connectivity index (χ1v) is 9.60. The third-order valence-electron chi connectivity index (χ3n) is 7.07. The number of benzene rings is 1. The van der Waals surface area contributed by atoms with E-state index in [1.54, 1.807) is 7.11 Å². The molecule has 1 heterocycles. The van der Waals surface area contributed by atoms with Gasteiger partial charge in [0.15, 0.2) is 0 Å². The van der Waals surface area contributed by atoms with Crippen LogP contribution in [0.4, 0.5) is 0 Å². The molecule has 1 unspecified atom stereocenters. The van der Waals surface area contributed by atoms with Gasteiger partial charge in [0.25, 0.3) is 0 Å². The Morgan fingerprint density at radius 3 is 2.43 bits per heavy atom. The summed E-state index contributed by atoms with van der Waals surface area (Å²) in [6.07, 6.45) is 8.83. The quantitative estimate of drug-likeness (QED) is 0.686. The van der Waals surface area contributed by atoms with Crippen molar-refractivity contribution in [2.75, 3.05) is 7.11 Å². The van der Waals surface area contributed by atoms with Crippen molar-refractivity contribution in [2.45, 2.75) is 55.9 Å². The highest BCUT2D eigenvalue weighted by Gasteiger charge is 2.59. The van der Waals surface area contributed by atoms with Crippen LogP contribution in [0.3, 0.4) is 0 Å². The van der Waals surface area contributed by atoms with Crippen LogP contribution in [0.1, 0.15) is 44.1 Å². The molecule has 0 radical (unpaired) electrons. The molecule has 1 spiro atoms. The minimum atomic E-state index is -0.000322. The molecule has 4 bridgehead atoms. The number of rotatable bonds is 1. The molecular formula is C20H25ClO2. The van der Waals surface area contributed by atoms with Crippen LogP contribution >= 0.6 is 11.6 Å². The molecule has 0 saturated heterocycles. The van der Waals surface area contributed by atoms with E-state index >= 15 is 0 Å². The molecular weight excluding hydrogens is 308 g/mol. The molecule has 1 aromatic rings. The summed E-state index contributed by atoms with van der Waals surface area (Å²) in [7, 11) is 1.72. The number of methoxy groups -OCH3 is 1. The molecule has 0 N–H and O–H groups in total. The van der Waals surface area contributed by atoms with Crippen LogP contribution in [0.5, 0.6) is 11.5 Å². The largest absolute Gasteiger partial charge is 0.497 e. The van der Waals surface area contributed by atoms with E-state index in [1.807, 2.05) is 6.07 Å². The second kappa shape index (κ2) is 5.05. The molecule has 23 heavy (non-hydrogen) atoms. The smallest absolute Gasteiger partial charge is 0.123 e. The van der Waals surface area contributed by atoms with E-state index < -0.39 is 0 Å². The highest BCUT2D eigenvalue weighted by molar-refractivity contribution is 6.20. The van der Waals surface area contributed by atoms with Crippen molar-refractivity contribution >= 4 is 11.6 Å². The van der Waals surface area contributed by atoms with Crippen LogP contribution in [0.25, 0.3) is 0 Å². The third-order valence-corrected chi connectivity index (χ3v) is 7.38. The van der Waals surface area contributed by atoms with Gasteiger partial charge >= 0.3 is 0 Å². The lowest BCUT2D eigenvalue weighted by atomic mass is 9.49. The van der Waals surface area contributed by atoms with E-state index in [0.717, 1.165) is 36.2 Å². The summed E-state index contributed by atoms with van der Waals surface area (Å²) in [6.45, 7) is 0. The SMILES string of the molecule is COc1ccc2c(c1)CC(Cl)CC1(O2)C2CC3CC(C2)CC1C3. The van der Waals surface area contributed by atoms with Gasteiger partial charge in [0, 0.05) is 11.8 Å². The Bertz CT molecular complexity index is 598. The Morgan fingerprint density at radius 1 is 1.09 bits per heavy atom. The zero-order valence-electron chi connectivity index (χ0n) is 13.8. The highest BCUT2D eigenvalue weighted by Crippen LogP contribution is 2.61.